The van der Waals surface area contributed by atoms with E-state index in [0.717, 1.165) is 60.2 Å². The summed E-state index contributed by atoms with van der Waals surface area (Å²) in [6.45, 7) is 0. The van der Waals surface area contributed by atoms with Gasteiger partial charge in [-0.15, -0.1) is 0 Å². The molecule has 6 aliphatic rings. The SMILES string of the molecule is COC(=O)C1=C(C(=O)OC)C2CC3C(CC12)C1CC2C4Cc5cc6ccccc6cc5CC4C2CC31. The number of methoxy groups -OCH3 is 2. The molecule has 0 aromatic heterocycles. The number of hydrogen-bond acceptors (Lipinski definition) is 4. The van der Waals surface area contributed by atoms with Crippen molar-refractivity contribution in [1.82, 2.24) is 0 Å². The third-order valence-corrected chi connectivity index (χ3v) is 11.8. The van der Waals surface area contributed by atoms with Crippen LogP contribution in [-0.4, -0.2) is 26.2 Å². The van der Waals surface area contributed by atoms with E-state index < -0.39 is 0 Å². The van der Waals surface area contributed by atoms with Gasteiger partial charge in [0.05, 0.1) is 25.4 Å². The van der Waals surface area contributed by atoms with E-state index in [0.29, 0.717) is 11.1 Å². The summed E-state index contributed by atoms with van der Waals surface area (Å²) in [7, 11) is 2.84. The number of fused-ring (bicyclic) bond motifs is 11. The molecule has 2 aromatic carbocycles. The second-order valence-corrected chi connectivity index (χ2v) is 12.7. The molecule has 0 saturated heterocycles. The minimum Gasteiger partial charge on any atom is -0.466 e. The van der Waals surface area contributed by atoms with Gasteiger partial charge in [-0.3, -0.25) is 0 Å². The summed E-state index contributed by atoms with van der Waals surface area (Å²) in [5, 5.41) is 2.77. The lowest BCUT2D eigenvalue weighted by atomic mass is 9.35. The van der Waals surface area contributed by atoms with Crippen molar-refractivity contribution >= 4 is 22.7 Å². The predicted octanol–water partition coefficient (Wildman–Crippen LogP) is 5.37. The van der Waals surface area contributed by atoms with E-state index in [4.69, 9.17) is 9.47 Å². The molecule has 4 saturated carbocycles. The number of benzene rings is 2. The van der Waals surface area contributed by atoms with Gasteiger partial charge < -0.3 is 9.47 Å². The summed E-state index contributed by atoms with van der Waals surface area (Å²) in [5.74, 6) is 6.29. The number of carbonyl (C=O) groups excluding carboxylic acids is 2. The van der Waals surface area contributed by atoms with Crippen LogP contribution in [0.3, 0.4) is 0 Å². The molecular weight excluding hydrogens is 448 g/mol. The van der Waals surface area contributed by atoms with Gasteiger partial charge in [-0.25, -0.2) is 9.59 Å². The topological polar surface area (TPSA) is 52.6 Å². The minimum atomic E-state index is -0.329. The predicted molar refractivity (Wildman–Crippen MR) is 136 cm³/mol. The molecule has 36 heavy (non-hydrogen) atoms. The Morgan fingerprint density at radius 3 is 1.42 bits per heavy atom. The smallest absolute Gasteiger partial charge is 0.334 e. The van der Waals surface area contributed by atoms with Crippen LogP contribution in [0.2, 0.25) is 0 Å². The molecule has 0 spiro atoms. The maximum Gasteiger partial charge on any atom is 0.334 e. The van der Waals surface area contributed by atoms with Crippen LogP contribution in [0.5, 0.6) is 0 Å². The lowest BCUT2D eigenvalue weighted by molar-refractivity contribution is -0.190. The molecule has 0 N–H and O–H groups in total. The lowest BCUT2D eigenvalue weighted by Crippen LogP contribution is -2.63. The van der Waals surface area contributed by atoms with Gasteiger partial charge in [-0.05, 0) is 120 Å². The average molecular weight is 483 g/mol. The molecule has 10 atom stereocenters. The molecule has 0 heterocycles. The van der Waals surface area contributed by atoms with E-state index in [1.165, 1.54) is 50.7 Å². The third-order valence-electron chi connectivity index (χ3n) is 11.8. The van der Waals surface area contributed by atoms with Crippen LogP contribution in [0.15, 0.2) is 47.5 Å². The number of ether oxygens (including phenoxy) is 2. The molecule has 0 bridgehead atoms. The Kier molecular flexibility index (Phi) is 4.45. The zero-order valence-corrected chi connectivity index (χ0v) is 21.1. The summed E-state index contributed by atoms with van der Waals surface area (Å²) in [5.41, 5.74) is 4.43. The fraction of sp³-hybridized carbons (Fsp3) is 0.562. The molecule has 0 aliphatic heterocycles. The standard InChI is InChI=1S/C32H34O4/c1-35-31(33)29-27-13-25-23-11-21-19-9-17-7-15-5-3-4-6-16(15)8-18(17)10-20(19)22(21)12-24(23)26(25)14-28(27)30(29)32(34)36-2/h3-8,19-28H,9-14H2,1-2H3. The van der Waals surface area contributed by atoms with Gasteiger partial charge in [-0.2, -0.15) is 0 Å². The maximum atomic E-state index is 12.5. The largest absolute Gasteiger partial charge is 0.466 e. The first-order chi connectivity index (χ1) is 17.6. The van der Waals surface area contributed by atoms with Crippen LogP contribution in [0.1, 0.15) is 36.8 Å². The third kappa shape index (κ3) is 2.66. The average Bonchev–Trinajstić information content (AvgIpc) is 2.89. The van der Waals surface area contributed by atoms with Crippen LogP contribution >= 0.6 is 0 Å². The zero-order chi connectivity index (χ0) is 24.3. The van der Waals surface area contributed by atoms with Crippen molar-refractivity contribution in [2.45, 2.75) is 38.5 Å². The highest BCUT2D eigenvalue weighted by Crippen LogP contribution is 2.71. The minimum absolute atomic E-state index is 0.190. The van der Waals surface area contributed by atoms with Crippen molar-refractivity contribution in [3.63, 3.8) is 0 Å². The highest BCUT2D eigenvalue weighted by Gasteiger charge is 2.65. The summed E-state index contributed by atoms with van der Waals surface area (Å²) in [4.78, 5) is 25.0. The van der Waals surface area contributed by atoms with E-state index in [2.05, 4.69) is 36.4 Å². The van der Waals surface area contributed by atoms with E-state index in [1.807, 2.05) is 0 Å². The maximum absolute atomic E-state index is 12.5. The molecule has 8 rings (SSSR count). The quantitative estimate of drug-likeness (QED) is 0.540. The van der Waals surface area contributed by atoms with Gasteiger partial charge in [0.1, 0.15) is 0 Å². The zero-order valence-electron chi connectivity index (χ0n) is 21.1. The Hall–Kier alpha value is -2.62. The first kappa shape index (κ1) is 21.5. The number of hydrogen-bond donors (Lipinski definition) is 0. The van der Waals surface area contributed by atoms with Crippen LogP contribution in [-0.2, 0) is 31.9 Å². The van der Waals surface area contributed by atoms with Crippen molar-refractivity contribution < 1.29 is 19.1 Å². The molecule has 4 nitrogen and oxygen atoms in total. The number of rotatable bonds is 2. The van der Waals surface area contributed by atoms with Crippen LogP contribution < -0.4 is 0 Å². The number of esters is 2. The molecule has 186 valence electrons. The summed E-state index contributed by atoms with van der Waals surface area (Å²) in [6.07, 6.45) is 7.42. The summed E-state index contributed by atoms with van der Waals surface area (Å²) < 4.78 is 10.1. The van der Waals surface area contributed by atoms with Crippen molar-refractivity contribution in [3.05, 3.63) is 58.7 Å². The van der Waals surface area contributed by atoms with Crippen molar-refractivity contribution in [1.29, 1.82) is 0 Å². The molecule has 10 unspecified atom stereocenters. The van der Waals surface area contributed by atoms with E-state index in [-0.39, 0.29) is 23.8 Å². The molecule has 0 radical (unpaired) electrons. The van der Waals surface area contributed by atoms with Gasteiger partial charge in [0, 0.05) is 0 Å². The van der Waals surface area contributed by atoms with E-state index in [9.17, 15) is 9.59 Å². The first-order valence-corrected chi connectivity index (χ1v) is 14.0. The highest BCUT2D eigenvalue weighted by molar-refractivity contribution is 6.04. The normalized spacial score (nSPS) is 41.1. The monoisotopic (exact) mass is 482 g/mol. The molecule has 0 amide bonds. The van der Waals surface area contributed by atoms with Crippen molar-refractivity contribution in [2.75, 3.05) is 14.2 Å². The van der Waals surface area contributed by atoms with Gasteiger partial charge in [0.15, 0.2) is 0 Å². The van der Waals surface area contributed by atoms with Gasteiger partial charge in [-0.1, -0.05) is 36.4 Å². The number of carbonyl (C=O) groups is 2. The second-order valence-electron chi connectivity index (χ2n) is 12.7. The highest BCUT2D eigenvalue weighted by atomic mass is 16.5. The Labute approximate surface area is 212 Å². The fourth-order valence-electron chi connectivity index (χ4n) is 10.4. The van der Waals surface area contributed by atoms with E-state index in [1.54, 1.807) is 11.1 Å². The Balaban J connectivity index is 1.03. The lowest BCUT2D eigenvalue weighted by Gasteiger charge is -2.69. The summed E-state index contributed by atoms with van der Waals surface area (Å²) in [6, 6.07) is 13.8. The van der Waals surface area contributed by atoms with Gasteiger partial charge in [0.25, 0.3) is 0 Å². The second kappa shape index (κ2) is 7.46. The molecule has 6 aliphatic carbocycles. The van der Waals surface area contributed by atoms with E-state index >= 15 is 0 Å². The Bertz CT molecular complexity index is 1240. The van der Waals surface area contributed by atoms with Crippen LogP contribution in [0.25, 0.3) is 10.8 Å². The molecule has 4 fully saturated rings. The molecular formula is C32H34O4. The van der Waals surface area contributed by atoms with Crippen molar-refractivity contribution in [3.8, 4) is 0 Å². The Morgan fingerprint density at radius 1 is 0.611 bits per heavy atom. The molecule has 4 heteroatoms. The molecule has 2 aromatic rings. The van der Waals surface area contributed by atoms with Crippen molar-refractivity contribution in [2.24, 2.45) is 59.2 Å². The fourth-order valence-corrected chi connectivity index (χ4v) is 10.4. The summed E-state index contributed by atoms with van der Waals surface area (Å²) >= 11 is 0. The van der Waals surface area contributed by atoms with Gasteiger partial charge >= 0.3 is 11.9 Å². The van der Waals surface area contributed by atoms with Gasteiger partial charge in [0.2, 0.25) is 0 Å². The van der Waals surface area contributed by atoms with Crippen LogP contribution in [0, 0.1) is 59.2 Å². The first-order valence-electron chi connectivity index (χ1n) is 14.0. The van der Waals surface area contributed by atoms with Crippen LogP contribution in [0.4, 0.5) is 0 Å². The Morgan fingerprint density at radius 2 is 1.00 bits per heavy atom.